The zero-order chi connectivity index (χ0) is 14.5. The van der Waals surface area contributed by atoms with Crippen LogP contribution in [0.5, 0.6) is 0 Å². The van der Waals surface area contributed by atoms with E-state index in [4.69, 9.17) is 11.6 Å². The number of rotatable bonds is 4. The summed E-state index contributed by atoms with van der Waals surface area (Å²) in [7, 11) is 0. The van der Waals surface area contributed by atoms with Gasteiger partial charge in [0.15, 0.2) is 0 Å². The molecule has 0 saturated heterocycles. The molecule has 0 atom stereocenters. The molecular formula is C15H12BrClFNO. The Morgan fingerprint density at radius 1 is 1.20 bits per heavy atom. The summed E-state index contributed by atoms with van der Waals surface area (Å²) < 4.78 is 13.7. The van der Waals surface area contributed by atoms with E-state index >= 15 is 0 Å². The highest BCUT2D eigenvalue weighted by Gasteiger charge is 2.07. The van der Waals surface area contributed by atoms with E-state index in [2.05, 4.69) is 21.2 Å². The summed E-state index contributed by atoms with van der Waals surface area (Å²) in [4.78, 5) is 11.9. The van der Waals surface area contributed by atoms with Crippen molar-refractivity contribution >= 4 is 33.4 Å². The van der Waals surface area contributed by atoms with Crippen molar-refractivity contribution in [3.05, 3.63) is 68.9 Å². The van der Waals surface area contributed by atoms with Gasteiger partial charge in [0.2, 0.25) is 0 Å². The van der Waals surface area contributed by atoms with Crippen LogP contribution in [0.3, 0.4) is 0 Å². The second kappa shape index (κ2) is 6.86. The van der Waals surface area contributed by atoms with Crippen molar-refractivity contribution in [3.8, 4) is 0 Å². The number of hydrogen-bond acceptors (Lipinski definition) is 1. The minimum atomic E-state index is -0.442. The average Bonchev–Trinajstić information content (AvgIpc) is 2.40. The van der Waals surface area contributed by atoms with E-state index in [0.29, 0.717) is 28.0 Å². The lowest BCUT2D eigenvalue weighted by Gasteiger charge is -2.06. The molecule has 0 saturated carbocycles. The Balaban J connectivity index is 1.90. The van der Waals surface area contributed by atoms with Crippen LogP contribution in [-0.4, -0.2) is 12.5 Å². The zero-order valence-corrected chi connectivity index (χ0v) is 12.8. The highest BCUT2D eigenvalue weighted by Crippen LogP contribution is 2.15. The number of carbonyl (C=O) groups is 1. The van der Waals surface area contributed by atoms with Crippen LogP contribution in [0.1, 0.15) is 15.9 Å². The van der Waals surface area contributed by atoms with Crippen molar-refractivity contribution in [3.63, 3.8) is 0 Å². The van der Waals surface area contributed by atoms with E-state index in [1.807, 2.05) is 24.3 Å². The molecule has 1 amide bonds. The van der Waals surface area contributed by atoms with Crippen molar-refractivity contribution in [2.24, 2.45) is 0 Å². The van der Waals surface area contributed by atoms with Crippen LogP contribution >= 0.6 is 27.5 Å². The number of halogens is 3. The SMILES string of the molecule is O=C(NCCc1ccc(Cl)cc1)c1cc(F)cc(Br)c1. The van der Waals surface area contributed by atoms with Gasteiger partial charge in [-0.15, -0.1) is 0 Å². The molecule has 5 heteroatoms. The van der Waals surface area contributed by atoms with Gasteiger partial charge in [-0.2, -0.15) is 0 Å². The molecule has 0 aliphatic carbocycles. The van der Waals surface area contributed by atoms with Gasteiger partial charge in [0.1, 0.15) is 5.82 Å². The smallest absolute Gasteiger partial charge is 0.251 e. The largest absolute Gasteiger partial charge is 0.352 e. The molecule has 0 aromatic heterocycles. The van der Waals surface area contributed by atoms with E-state index in [1.165, 1.54) is 12.1 Å². The molecule has 2 aromatic rings. The lowest BCUT2D eigenvalue weighted by Crippen LogP contribution is -2.25. The van der Waals surface area contributed by atoms with Gasteiger partial charge in [-0.1, -0.05) is 39.7 Å². The highest BCUT2D eigenvalue weighted by atomic mass is 79.9. The Bertz CT molecular complexity index is 596. The maximum atomic E-state index is 13.2. The van der Waals surface area contributed by atoms with Gasteiger partial charge in [0.25, 0.3) is 5.91 Å². The van der Waals surface area contributed by atoms with Crippen molar-refractivity contribution in [2.75, 3.05) is 6.54 Å². The summed E-state index contributed by atoms with van der Waals surface area (Å²) in [6, 6.07) is 11.5. The lowest BCUT2D eigenvalue weighted by atomic mass is 10.1. The quantitative estimate of drug-likeness (QED) is 0.873. The molecule has 1 N–H and O–H groups in total. The van der Waals surface area contributed by atoms with E-state index < -0.39 is 5.82 Å². The summed E-state index contributed by atoms with van der Waals surface area (Å²) in [6.07, 6.45) is 0.694. The molecule has 2 rings (SSSR count). The number of nitrogens with one attached hydrogen (secondary N) is 1. The lowest BCUT2D eigenvalue weighted by molar-refractivity contribution is 0.0953. The number of carbonyl (C=O) groups excluding carboxylic acids is 1. The van der Waals surface area contributed by atoms with Crippen molar-refractivity contribution in [1.29, 1.82) is 0 Å². The Labute approximate surface area is 130 Å². The number of hydrogen-bond donors (Lipinski definition) is 1. The Morgan fingerprint density at radius 3 is 2.55 bits per heavy atom. The summed E-state index contributed by atoms with van der Waals surface area (Å²) >= 11 is 8.96. The molecule has 2 nitrogen and oxygen atoms in total. The highest BCUT2D eigenvalue weighted by molar-refractivity contribution is 9.10. The predicted molar refractivity (Wildman–Crippen MR) is 81.6 cm³/mol. The van der Waals surface area contributed by atoms with Gasteiger partial charge >= 0.3 is 0 Å². The summed E-state index contributed by atoms with van der Waals surface area (Å²) in [6.45, 7) is 0.481. The van der Waals surface area contributed by atoms with Crippen LogP contribution in [0.2, 0.25) is 5.02 Å². The van der Waals surface area contributed by atoms with Gasteiger partial charge in [0.05, 0.1) is 0 Å². The molecular weight excluding hydrogens is 345 g/mol. The summed E-state index contributed by atoms with van der Waals surface area (Å²) in [5.41, 5.74) is 1.38. The molecule has 0 bridgehead atoms. The molecule has 0 heterocycles. The first kappa shape index (κ1) is 15.0. The molecule has 20 heavy (non-hydrogen) atoms. The monoisotopic (exact) mass is 355 g/mol. The van der Waals surface area contributed by atoms with Crippen LogP contribution in [0.15, 0.2) is 46.9 Å². The van der Waals surface area contributed by atoms with Gasteiger partial charge in [-0.05, 0) is 42.3 Å². The normalized spacial score (nSPS) is 10.3. The van der Waals surface area contributed by atoms with Crippen LogP contribution in [-0.2, 0) is 6.42 Å². The maximum absolute atomic E-state index is 13.2. The van der Waals surface area contributed by atoms with Crippen molar-refractivity contribution < 1.29 is 9.18 Å². The predicted octanol–water partition coefficient (Wildman–Crippen LogP) is 4.21. The fourth-order valence-corrected chi connectivity index (χ4v) is 2.35. The fourth-order valence-electron chi connectivity index (χ4n) is 1.76. The van der Waals surface area contributed by atoms with Gasteiger partial charge < -0.3 is 5.32 Å². The minimum absolute atomic E-state index is 0.292. The van der Waals surface area contributed by atoms with Gasteiger partial charge in [-0.3, -0.25) is 4.79 Å². The van der Waals surface area contributed by atoms with Crippen LogP contribution in [0.4, 0.5) is 4.39 Å². The second-order valence-corrected chi connectivity index (χ2v) is 5.64. The zero-order valence-electron chi connectivity index (χ0n) is 10.5. The molecule has 104 valence electrons. The van der Waals surface area contributed by atoms with E-state index in [1.54, 1.807) is 6.07 Å². The third kappa shape index (κ3) is 4.32. The second-order valence-electron chi connectivity index (χ2n) is 4.29. The van der Waals surface area contributed by atoms with Crippen molar-refractivity contribution in [1.82, 2.24) is 5.32 Å². The van der Waals surface area contributed by atoms with Crippen LogP contribution < -0.4 is 5.32 Å². The Morgan fingerprint density at radius 2 is 1.90 bits per heavy atom. The first-order valence-corrected chi connectivity index (χ1v) is 7.20. The third-order valence-electron chi connectivity index (χ3n) is 2.74. The molecule has 0 aliphatic rings. The standard InChI is InChI=1S/C15H12BrClFNO/c16-12-7-11(8-14(18)9-12)15(20)19-6-5-10-1-3-13(17)4-2-10/h1-4,7-9H,5-6H2,(H,19,20). The Kier molecular flexibility index (Phi) is 5.15. The average molecular weight is 357 g/mol. The first-order chi connectivity index (χ1) is 9.54. The first-order valence-electron chi connectivity index (χ1n) is 6.03. The van der Waals surface area contributed by atoms with E-state index in [9.17, 15) is 9.18 Å². The fraction of sp³-hybridized carbons (Fsp3) is 0.133. The van der Waals surface area contributed by atoms with E-state index in [0.717, 1.165) is 5.56 Å². The third-order valence-corrected chi connectivity index (χ3v) is 3.45. The summed E-state index contributed by atoms with van der Waals surface area (Å²) in [5, 5.41) is 3.44. The molecule has 0 aliphatic heterocycles. The van der Waals surface area contributed by atoms with Crippen LogP contribution in [0, 0.1) is 5.82 Å². The van der Waals surface area contributed by atoms with Gasteiger partial charge in [0, 0.05) is 21.6 Å². The molecule has 0 fully saturated rings. The number of benzene rings is 2. The Hall–Kier alpha value is -1.39. The maximum Gasteiger partial charge on any atom is 0.251 e. The topological polar surface area (TPSA) is 29.1 Å². The molecule has 0 spiro atoms. The number of amides is 1. The molecule has 0 unspecified atom stereocenters. The van der Waals surface area contributed by atoms with Crippen molar-refractivity contribution in [2.45, 2.75) is 6.42 Å². The van der Waals surface area contributed by atoms with Crippen LogP contribution in [0.25, 0.3) is 0 Å². The van der Waals surface area contributed by atoms with E-state index in [-0.39, 0.29) is 5.91 Å². The molecule has 0 radical (unpaired) electrons. The minimum Gasteiger partial charge on any atom is -0.352 e. The van der Waals surface area contributed by atoms with Gasteiger partial charge in [-0.25, -0.2) is 4.39 Å². The molecule has 2 aromatic carbocycles. The summed E-state index contributed by atoms with van der Waals surface area (Å²) in [5.74, 6) is -0.735.